The van der Waals surface area contributed by atoms with Gasteiger partial charge in [0.2, 0.25) is 0 Å². The van der Waals surface area contributed by atoms with Crippen molar-refractivity contribution < 1.29 is 0 Å². The Morgan fingerprint density at radius 3 is 2.39 bits per heavy atom. The molecule has 28 heavy (non-hydrogen) atoms. The van der Waals surface area contributed by atoms with Gasteiger partial charge in [-0.2, -0.15) is 0 Å². The molecule has 1 aromatic heterocycles. The SMILES string of the molecule is O=c1c2ccccc2nc(/C=C/c2ccc(Cl)cc2)n1Cc1ccc(Br)cc1. The third-order valence-electron chi connectivity index (χ3n) is 4.44. The molecule has 0 atom stereocenters. The smallest absolute Gasteiger partial charge is 0.261 e. The van der Waals surface area contributed by atoms with E-state index < -0.39 is 0 Å². The van der Waals surface area contributed by atoms with Crippen LogP contribution in [-0.2, 0) is 6.54 Å². The van der Waals surface area contributed by atoms with Crippen molar-refractivity contribution in [1.29, 1.82) is 0 Å². The molecule has 0 aliphatic heterocycles. The van der Waals surface area contributed by atoms with Crippen LogP contribution in [0.3, 0.4) is 0 Å². The van der Waals surface area contributed by atoms with Crippen molar-refractivity contribution in [2.45, 2.75) is 6.54 Å². The lowest BCUT2D eigenvalue weighted by Crippen LogP contribution is -2.24. The van der Waals surface area contributed by atoms with Gasteiger partial charge in [-0.1, -0.05) is 70.0 Å². The van der Waals surface area contributed by atoms with Crippen molar-refractivity contribution in [2.75, 3.05) is 0 Å². The Morgan fingerprint density at radius 2 is 1.64 bits per heavy atom. The second-order valence-corrected chi connectivity index (χ2v) is 7.74. The van der Waals surface area contributed by atoms with Crippen LogP contribution < -0.4 is 5.56 Å². The number of aromatic nitrogens is 2. The molecule has 4 rings (SSSR count). The molecule has 0 spiro atoms. The number of benzene rings is 3. The van der Waals surface area contributed by atoms with Gasteiger partial charge in [-0.3, -0.25) is 9.36 Å². The molecule has 1 heterocycles. The topological polar surface area (TPSA) is 34.9 Å². The quantitative estimate of drug-likeness (QED) is 0.380. The zero-order chi connectivity index (χ0) is 19.5. The largest absolute Gasteiger partial charge is 0.288 e. The van der Waals surface area contributed by atoms with Crippen molar-refractivity contribution in [2.24, 2.45) is 0 Å². The summed E-state index contributed by atoms with van der Waals surface area (Å²) in [5, 5.41) is 1.30. The molecule has 0 saturated carbocycles. The van der Waals surface area contributed by atoms with Crippen molar-refractivity contribution >= 4 is 50.6 Å². The van der Waals surface area contributed by atoms with E-state index in [1.54, 1.807) is 4.57 Å². The van der Waals surface area contributed by atoms with E-state index in [2.05, 4.69) is 15.9 Å². The lowest BCUT2D eigenvalue weighted by molar-refractivity contribution is 0.738. The summed E-state index contributed by atoms with van der Waals surface area (Å²) in [5.74, 6) is 0.613. The van der Waals surface area contributed by atoms with E-state index >= 15 is 0 Å². The minimum Gasteiger partial charge on any atom is -0.288 e. The van der Waals surface area contributed by atoms with Crippen molar-refractivity contribution in [3.05, 3.63) is 110 Å². The predicted octanol–water partition coefficient (Wildman–Crippen LogP) is 6.03. The van der Waals surface area contributed by atoms with E-state index in [0.29, 0.717) is 28.3 Å². The first-order chi connectivity index (χ1) is 13.6. The number of hydrogen-bond acceptors (Lipinski definition) is 2. The minimum atomic E-state index is -0.0516. The summed E-state index contributed by atoms with van der Waals surface area (Å²) in [6, 6.07) is 22.9. The maximum atomic E-state index is 13.1. The molecule has 0 amide bonds. The van der Waals surface area contributed by atoms with Gasteiger partial charge in [-0.15, -0.1) is 0 Å². The summed E-state index contributed by atoms with van der Waals surface area (Å²) >= 11 is 9.40. The van der Waals surface area contributed by atoms with Crippen molar-refractivity contribution in [3.63, 3.8) is 0 Å². The molecule has 0 fully saturated rings. The second kappa shape index (κ2) is 8.13. The zero-order valence-corrected chi connectivity index (χ0v) is 17.2. The fraction of sp³-hybridized carbons (Fsp3) is 0.0435. The summed E-state index contributed by atoms with van der Waals surface area (Å²) in [6.45, 7) is 0.449. The first-order valence-electron chi connectivity index (χ1n) is 8.78. The lowest BCUT2D eigenvalue weighted by Gasteiger charge is -2.11. The third kappa shape index (κ3) is 4.08. The number of para-hydroxylation sites is 1. The normalized spacial score (nSPS) is 11.4. The van der Waals surface area contributed by atoms with Gasteiger partial charge < -0.3 is 0 Å². The van der Waals surface area contributed by atoms with Crippen molar-refractivity contribution in [3.8, 4) is 0 Å². The van der Waals surface area contributed by atoms with Crippen LogP contribution in [-0.4, -0.2) is 9.55 Å². The van der Waals surface area contributed by atoms with E-state index in [9.17, 15) is 4.79 Å². The van der Waals surface area contributed by atoms with Gasteiger partial charge in [0.05, 0.1) is 17.4 Å². The monoisotopic (exact) mass is 450 g/mol. The molecular formula is C23H16BrClN2O. The molecule has 3 nitrogen and oxygen atoms in total. The first kappa shape index (κ1) is 18.7. The number of hydrogen-bond donors (Lipinski definition) is 0. The standard InChI is InChI=1S/C23H16BrClN2O/c24-18-10-5-17(6-11-18)15-27-22(14-9-16-7-12-19(25)13-8-16)26-21-4-2-1-3-20(21)23(27)28/h1-14H,15H2/b14-9+. The fourth-order valence-corrected chi connectivity index (χ4v) is 3.37. The van der Waals surface area contributed by atoms with Gasteiger partial charge in [-0.05, 0) is 53.6 Å². The fourth-order valence-electron chi connectivity index (χ4n) is 2.98. The number of fused-ring (bicyclic) bond motifs is 1. The Morgan fingerprint density at radius 1 is 0.929 bits per heavy atom. The van der Waals surface area contributed by atoms with Gasteiger partial charge in [0, 0.05) is 9.50 Å². The molecule has 0 saturated heterocycles. The van der Waals surface area contributed by atoms with Gasteiger partial charge in [-0.25, -0.2) is 4.98 Å². The van der Waals surface area contributed by atoms with Gasteiger partial charge in [0.25, 0.3) is 5.56 Å². The van der Waals surface area contributed by atoms with Crippen LogP contribution in [0.5, 0.6) is 0 Å². The van der Waals surface area contributed by atoms with Crippen LogP contribution in [0.2, 0.25) is 5.02 Å². The van der Waals surface area contributed by atoms with Gasteiger partial charge >= 0.3 is 0 Å². The molecule has 0 bridgehead atoms. The molecule has 4 aromatic rings. The molecule has 5 heteroatoms. The molecule has 0 aliphatic carbocycles. The second-order valence-electron chi connectivity index (χ2n) is 6.39. The average Bonchev–Trinajstić information content (AvgIpc) is 2.71. The van der Waals surface area contributed by atoms with Crippen LogP contribution in [0.15, 0.2) is 82.1 Å². The Balaban J connectivity index is 1.81. The van der Waals surface area contributed by atoms with Crippen LogP contribution >= 0.6 is 27.5 Å². The van der Waals surface area contributed by atoms with Crippen LogP contribution in [0.4, 0.5) is 0 Å². The predicted molar refractivity (Wildman–Crippen MR) is 120 cm³/mol. The third-order valence-corrected chi connectivity index (χ3v) is 5.22. The Kier molecular flexibility index (Phi) is 5.42. The number of nitrogens with zero attached hydrogens (tertiary/aromatic N) is 2. The summed E-state index contributed by atoms with van der Waals surface area (Å²) in [5.41, 5.74) is 2.66. The van der Waals surface area contributed by atoms with E-state index in [0.717, 1.165) is 15.6 Å². The number of halogens is 2. The highest BCUT2D eigenvalue weighted by Crippen LogP contribution is 2.16. The van der Waals surface area contributed by atoms with Gasteiger partial charge in [0.1, 0.15) is 5.82 Å². The molecule has 0 N–H and O–H groups in total. The van der Waals surface area contributed by atoms with E-state index in [1.165, 1.54) is 0 Å². The molecule has 3 aromatic carbocycles. The highest BCUT2D eigenvalue weighted by Gasteiger charge is 2.09. The average molecular weight is 452 g/mol. The Labute approximate surface area is 176 Å². The van der Waals surface area contributed by atoms with Crippen LogP contribution in [0.25, 0.3) is 23.1 Å². The summed E-state index contributed by atoms with van der Waals surface area (Å²) in [7, 11) is 0. The molecule has 0 radical (unpaired) electrons. The first-order valence-corrected chi connectivity index (χ1v) is 9.95. The summed E-state index contributed by atoms with van der Waals surface area (Å²) in [4.78, 5) is 17.9. The maximum absolute atomic E-state index is 13.1. The maximum Gasteiger partial charge on any atom is 0.261 e. The number of rotatable bonds is 4. The molecular weight excluding hydrogens is 436 g/mol. The van der Waals surface area contributed by atoms with E-state index in [1.807, 2.05) is 84.9 Å². The minimum absolute atomic E-state index is 0.0516. The van der Waals surface area contributed by atoms with Gasteiger partial charge in [0.15, 0.2) is 0 Å². The zero-order valence-electron chi connectivity index (χ0n) is 14.8. The molecule has 0 unspecified atom stereocenters. The molecule has 138 valence electrons. The summed E-state index contributed by atoms with van der Waals surface area (Å²) in [6.07, 6.45) is 3.81. The summed E-state index contributed by atoms with van der Waals surface area (Å²) < 4.78 is 2.71. The Hall–Kier alpha value is -2.69. The van der Waals surface area contributed by atoms with Crippen molar-refractivity contribution in [1.82, 2.24) is 9.55 Å². The lowest BCUT2D eigenvalue weighted by atomic mass is 10.2. The van der Waals surface area contributed by atoms with E-state index in [4.69, 9.17) is 16.6 Å². The van der Waals surface area contributed by atoms with E-state index in [-0.39, 0.29) is 5.56 Å². The highest BCUT2D eigenvalue weighted by molar-refractivity contribution is 9.10. The van der Waals surface area contributed by atoms with Crippen LogP contribution in [0, 0.1) is 0 Å². The highest BCUT2D eigenvalue weighted by atomic mass is 79.9. The Bertz CT molecular complexity index is 1210. The van der Waals surface area contributed by atoms with Crippen LogP contribution in [0.1, 0.15) is 17.0 Å². The molecule has 0 aliphatic rings.